The Hall–Kier alpha value is -2.80. The highest BCUT2D eigenvalue weighted by molar-refractivity contribution is 5.97. The van der Waals surface area contributed by atoms with Gasteiger partial charge in [0.1, 0.15) is 0 Å². The first kappa shape index (κ1) is 13.8. The number of hydrogen-bond acceptors (Lipinski definition) is 0. The molecule has 23 heavy (non-hydrogen) atoms. The number of hydrogen-bond donors (Lipinski definition) is 0. The van der Waals surface area contributed by atoms with Crippen LogP contribution in [-0.2, 0) is 0 Å². The van der Waals surface area contributed by atoms with E-state index in [4.69, 9.17) is 0 Å². The second-order valence-electron chi connectivity index (χ2n) is 5.99. The van der Waals surface area contributed by atoms with E-state index in [0.717, 1.165) is 0 Å². The largest absolute Gasteiger partial charge is 0.320 e. The maximum atomic E-state index is 2.28. The highest BCUT2D eigenvalue weighted by atomic mass is 15.0. The van der Waals surface area contributed by atoms with E-state index >= 15 is 0 Å². The quantitative estimate of drug-likeness (QED) is 0.433. The Labute approximate surface area is 136 Å². The van der Waals surface area contributed by atoms with Crippen LogP contribution in [0.25, 0.3) is 27.6 Å². The van der Waals surface area contributed by atoms with Crippen molar-refractivity contribution in [1.29, 1.82) is 0 Å². The number of rotatable bonds is 2. The minimum absolute atomic E-state index is 1.21. The molecule has 0 saturated heterocycles. The normalized spacial score (nSPS) is 11.0. The first-order valence-electron chi connectivity index (χ1n) is 7.98. The van der Waals surface area contributed by atoms with Crippen molar-refractivity contribution in [2.45, 2.75) is 13.8 Å². The lowest BCUT2D eigenvalue weighted by molar-refractivity contribution is 1.01. The Morgan fingerprint density at radius 3 is 2.17 bits per heavy atom. The van der Waals surface area contributed by atoms with Crippen LogP contribution in [0.15, 0.2) is 79.0 Å². The van der Waals surface area contributed by atoms with Gasteiger partial charge in [-0.15, -0.1) is 0 Å². The smallest absolute Gasteiger partial charge is 0.0452 e. The summed E-state index contributed by atoms with van der Waals surface area (Å²) in [6.07, 6.45) is 2.27. The van der Waals surface area contributed by atoms with Crippen molar-refractivity contribution >= 4 is 10.8 Å². The summed E-state index contributed by atoms with van der Waals surface area (Å²) in [5, 5.41) is 2.60. The molecule has 0 amide bonds. The van der Waals surface area contributed by atoms with Crippen LogP contribution in [0, 0.1) is 13.8 Å². The fourth-order valence-electron chi connectivity index (χ4n) is 3.29. The van der Waals surface area contributed by atoms with E-state index in [9.17, 15) is 0 Å². The van der Waals surface area contributed by atoms with Crippen LogP contribution in [-0.4, -0.2) is 4.57 Å². The third-order valence-electron chi connectivity index (χ3n) is 4.68. The van der Waals surface area contributed by atoms with Crippen molar-refractivity contribution in [2.75, 3.05) is 0 Å². The predicted octanol–water partition coefficient (Wildman–Crippen LogP) is 5.91. The number of aromatic nitrogens is 1. The Morgan fingerprint density at radius 2 is 1.35 bits per heavy atom. The Balaban J connectivity index is 1.96. The average molecular weight is 297 g/mol. The van der Waals surface area contributed by atoms with Gasteiger partial charge in [-0.1, -0.05) is 60.7 Å². The van der Waals surface area contributed by atoms with Crippen LogP contribution < -0.4 is 0 Å². The van der Waals surface area contributed by atoms with Crippen molar-refractivity contribution in [1.82, 2.24) is 4.57 Å². The molecule has 1 nitrogen and oxygen atoms in total. The zero-order chi connectivity index (χ0) is 15.8. The van der Waals surface area contributed by atoms with Gasteiger partial charge in [0.2, 0.25) is 0 Å². The summed E-state index contributed by atoms with van der Waals surface area (Å²) >= 11 is 0. The van der Waals surface area contributed by atoms with Crippen LogP contribution in [0.2, 0.25) is 0 Å². The molecule has 0 aliphatic rings. The molecular weight excluding hydrogens is 278 g/mol. The van der Waals surface area contributed by atoms with Gasteiger partial charge < -0.3 is 4.57 Å². The summed E-state index contributed by atoms with van der Waals surface area (Å²) in [6, 6.07) is 25.7. The van der Waals surface area contributed by atoms with Crippen molar-refractivity contribution in [2.24, 2.45) is 0 Å². The van der Waals surface area contributed by atoms with Gasteiger partial charge in [-0.2, -0.15) is 0 Å². The molecule has 4 aromatic rings. The second-order valence-corrected chi connectivity index (χ2v) is 5.99. The molecule has 0 saturated carbocycles. The predicted molar refractivity (Wildman–Crippen MR) is 98.2 cm³/mol. The standard InChI is InChI=1S/C22H19N/c1-16-17(2)23(19-11-4-3-5-12-19)15-22(16)21-14-8-10-18-9-6-7-13-20(18)21/h3-15H,1-2H3. The minimum Gasteiger partial charge on any atom is -0.320 e. The first-order valence-corrected chi connectivity index (χ1v) is 7.98. The molecule has 3 aromatic carbocycles. The van der Waals surface area contributed by atoms with E-state index < -0.39 is 0 Å². The maximum absolute atomic E-state index is 2.28. The van der Waals surface area contributed by atoms with Gasteiger partial charge in [-0.3, -0.25) is 0 Å². The fourth-order valence-corrected chi connectivity index (χ4v) is 3.29. The van der Waals surface area contributed by atoms with Crippen LogP contribution in [0.1, 0.15) is 11.3 Å². The third kappa shape index (κ3) is 2.25. The number of para-hydroxylation sites is 1. The van der Waals surface area contributed by atoms with Crippen molar-refractivity contribution in [3.63, 3.8) is 0 Å². The van der Waals surface area contributed by atoms with Gasteiger partial charge in [0.25, 0.3) is 0 Å². The lowest BCUT2D eigenvalue weighted by atomic mass is 9.97. The number of fused-ring (bicyclic) bond motifs is 1. The Morgan fingerprint density at radius 1 is 0.652 bits per heavy atom. The molecule has 0 unspecified atom stereocenters. The summed E-state index contributed by atoms with van der Waals surface area (Å²) in [5.74, 6) is 0. The molecule has 0 spiro atoms. The van der Waals surface area contributed by atoms with Gasteiger partial charge in [0, 0.05) is 23.1 Å². The van der Waals surface area contributed by atoms with Crippen molar-refractivity contribution in [3.8, 4) is 16.8 Å². The summed E-state index contributed by atoms with van der Waals surface area (Å²) in [4.78, 5) is 0. The van der Waals surface area contributed by atoms with Crippen LogP contribution >= 0.6 is 0 Å². The van der Waals surface area contributed by atoms with Crippen LogP contribution in [0.5, 0.6) is 0 Å². The SMILES string of the molecule is Cc1c(-c2cccc3ccccc23)cn(-c2ccccc2)c1C. The van der Waals surface area contributed by atoms with Gasteiger partial charge in [-0.25, -0.2) is 0 Å². The van der Waals surface area contributed by atoms with Crippen LogP contribution in [0.3, 0.4) is 0 Å². The van der Waals surface area contributed by atoms with Crippen molar-refractivity contribution < 1.29 is 0 Å². The molecule has 1 heterocycles. The molecule has 0 radical (unpaired) electrons. The zero-order valence-electron chi connectivity index (χ0n) is 13.5. The zero-order valence-corrected chi connectivity index (χ0v) is 13.5. The number of nitrogens with zero attached hydrogens (tertiary/aromatic N) is 1. The van der Waals surface area contributed by atoms with E-state index in [0.29, 0.717) is 0 Å². The van der Waals surface area contributed by atoms with E-state index in [1.807, 2.05) is 0 Å². The molecule has 1 heteroatoms. The second kappa shape index (κ2) is 5.44. The van der Waals surface area contributed by atoms with Gasteiger partial charge >= 0.3 is 0 Å². The highest BCUT2D eigenvalue weighted by Crippen LogP contribution is 2.34. The molecule has 112 valence electrons. The monoisotopic (exact) mass is 297 g/mol. The van der Waals surface area contributed by atoms with Gasteiger partial charge in [0.05, 0.1) is 0 Å². The highest BCUT2D eigenvalue weighted by Gasteiger charge is 2.13. The Kier molecular flexibility index (Phi) is 3.27. The van der Waals surface area contributed by atoms with Gasteiger partial charge in [0.15, 0.2) is 0 Å². The maximum Gasteiger partial charge on any atom is 0.0452 e. The summed E-state index contributed by atoms with van der Waals surface area (Å²) in [5.41, 5.74) is 6.45. The summed E-state index contributed by atoms with van der Waals surface area (Å²) < 4.78 is 2.28. The molecule has 0 aliphatic carbocycles. The molecule has 4 rings (SSSR count). The lowest BCUT2D eigenvalue weighted by Gasteiger charge is -2.06. The molecule has 0 fully saturated rings. The average Bonchev–Trinajstić information content (AvgIpc) is 2.91. The van der Waals surface area contributed by atoms with E-state index in [1.165, 1.54) is 38.8 Å². The first-order chi connectivity index (χ1) is 11.3. The molecule has 1 aromatic heterocycles. The molecule has 0 bridgehead atoms. The Bertz CT molecular complexity index is 972. The van der Waals surface area contributed by atoms with Gasteiger partial charge in [-0.05, 0) is 47.9 Å². The summed E-state index contributed by atoms with van der Waals surface area (Å²) in [7, 11) is 0. The van der Waals surface area contributed by atoms with E-state index in [-0.39, 0.29) is 0 Å². The molecule has 0 aliphatic heterocycles. The molecule has 0 atom stereocenters. The van der Waals surface area contributed by atoms with Crippen LogP contribution in [0.4, 0.5) is 0 Å². The topological polar surface area (TPSA) is 4.93 Å². The van der Waals surface area contributed by atoms with Crippen molar-refractivity contribution in [3.05, 3.63) is 90.3 Å². The third-order valence-corrected chi connectivity index (χ3v) is 4.68. The molecule has 0 N–H and O–H groups in total. The molecular formula is C22H19N. The van der Waals surface area contributed by atoms with E-state index in [1.54, 1.807) is 0 Å². The minimum atomic E-state index is 1.21. The lowest BCUT2D eigenvalue weighted by Crippen LogP contribution is -1.94. The van der Waals surface area contributed by atoms with E-state index in [2.05, 4.69) is 97.4 Å². The fraction of sp³-hybridized carbons (Fsp3) is 0.0909. The number of benzene rings is 3. The summed E-state index contributed by atoms with van der Waals surface area (Å²) in [6.45, 7) is 4.41.